The number of carbonyl (C=O) groups excluding carboxylic acids is 1. The Morgan fingerprint density at radius 2 is 1.93 bits per heavy atom. The molecule has 0 rings (SSSR count). The second kappa shape index (κ2) is 5.96. The van der Waals surface area contributed by atoms with E-state index in [0.717, 1.165) is 0 Å². The number of rotatable bonds is 4. The molecular weight excluding hydrogens is 233 g/mol. The summed E-state index contributed by atoms with van der Waals surface area (Å²) in [6.45, 7) is 1.20. The molecule has 0 aliphatic heterocycles. The normalized spacial score (nSPS) is 11.7. The van der Waals surface area contributed by atoms with Gasteiger partial charge in [0.25, 0.3) is 0 Å². The van der Waals surface area contributed by atoms with E-state index in [0.29, 0.717) is 0 Å². The molecule has 0 N–H and O–H groups in total. The summed E-state index contributed by atoms with van der Waals surface area (Å²) in [5, 5.41) is -4.60. The van der Waals surface area contributed by atoms with Gasteiger partial charge in [0.1, 0.15) is 6.42 Å². The minimum atomic E-state index is -5.80. The molecule has 14 heavy (non-hydrogen) atoms. The molecule has 5 nitrogen and oxygen atoms in total. The molecule has 0 atom stereocenters. The quantitative estimate of drug-likeness (QED) is 0.298. The van der Waals surface area contributed by atoms with Gasteiger partial charge >= 0.3 is 40.8 Å². The van der Waals surface area contributed by atoms with Crippen molar-refractivity contribution < 1.29 is 60.8 Å². The van der Waals surface area contributed by atoms with Crippen LogP contribution in [0.2, 0.25) is 0 Å². The van der Waals surface area contributed by atoms with Gasteiger partial charge < -0.3 is 9.29 Å². The number of ether oxygens (including phenoxy) is 1. The van der Waals surface area contributed by atoms with Gasteiger partial charge in [-0.1, -0.05) is 0 Å². The van der Waals surface area contributed by atoms with E-state index in [1.807, 2.05) is 0 Å². The second-order valence-electron chi connectivity index (χ2n) is 2.07. The van der Waals surface area contributed by atoms with Gasteiger partial charge in [0.2, 0.25) is 0 Å². The summed E-state index contributed by atoms with van der Waals surface area (Å²) in [7, 11) is -5.80. The Bertz CT molecular complexity index is 288. The van der Waals surface area contributed by atoms with Crippen molar-refractivity contribution >= 4 is 16.1 Å². The van der Waals surface area contributed by atoms with Crippen LogP contribution in [0.25, 0.3) is 0 Å². The van der Waals surface area contributed by atoms with Gasteiger partial charge in [0.05, 0.1) is 6.61 Å². The summed E-state index contributed by atoms with van der Waals surface area (Å²) in [6, 6.07) is 0. The van der Waals surface area contributed by atoms with Crippen LogP contribution >= 0.6 is 0 Å². The van der Waals surface area contributed by atoms with Crippen molar-refractivity contribution in [2.24, 2.45) is 0 Å². The van der Waals surface area contributed by atoms with Gasteiger partial charge in [-0.3, -0.25) is 4.79 Å². The summed E-state index contributed by atoms with van der Waals surface area (Å²) >= 11 is 0. The van der Waals surface area contributed by atoms with Gasteiger partial charge in [0, 0.05) is 0 Å². The molecule has 0 radical (unpaired) electrons. The molecule has 0 heterocycles. The molecule has 0 unspecified atom stereocenters. The zero-order valence-corrected chi connectivity index (χ0v) is 10.4. The number of esters is 1. The Morgan fingerprint density at radius 3 is 2.21 bits per heavy atom. The molecule has 9 heteroatoms. The molecule has 78 valence electrons. The standard InChI is InChI=1S/C5H8F2O5S.Na/c1-2-12-4(8)3-5(6,7)13(9,10)11;/h2-3H2,1H3,(H,9,10,11);/q;+1/p-1. The first-order valence-corrected chi connectivity index (χ1v) is 4.60. The zero-order chi connectivity index (χ0) is 10.7. The molecule has 0 aliphatic rings. The molecule has 0 spiro atoms. The van der Waals surface area contributed by atoms with E-state index < -0.39 is 27.8 Å². The monoisotopic (exact) mass is 240 g/mol. The molecule has 0 saturated heterocycles. The Balaban J connectivity index is 0. The van der Waals surface area contributed by atoms with E-state index in [2.05, 4.69) is 4.74 Å². The van der Waals surface area contributed by atoms with Crippen LogP contribution in [0, 0.1) is 0 Å². The molecule has 0 aromatic carbocycles. The predicted molar refractivity (Wildman–Crippen MR) is 35.9 cm³/mol. The first-order chi connectivity index (χ1) is 5.70. The Kier molecular flexibility index (Phi) is 7.10. The van der Waals surface area contributed by atoms with Crippen molar-refractivity contribution in [2.75, 3.05) is 6.61 Å². The molecule has 0 aromatic heterocycles. The summed E-state index contributed by atoms with van der Waals surface area (Å²) in [4.78, 5) is 10.4. The SMILES string of the molecule is CCOC(=O)CC(F)(F)S(=O)(=O)[O-].[Na+]. The molecule has 0 bridgehead atoms. The number of halogens is 2. The van der Waals surface area contributed by atoms with Crippen LogP contribution in [0.15, 0.2) is 0 Å². The molecular formula is C5H7F2NaO5S. The maximum atomic E-state index is 12.3. The predicted octanol–water partition coefficient (Wildman–Crippen LogP) is -2.92. The third kappa shape index (κ3) is 5.20. The van der Waals surface area contributed by atoms with Crippen molar-refractivity contribution in [1.82, 2.24) is 0 Å². The second-order valence-corrected chi connectivity index (χ2v) is 3.58. The van der Waals surface area contributed by atoms with Crippen molar-refractivity contribution in [1.29, 1.82) is 0 Å². The fourth-order valence-electron chi connectivity index (χ4n) is 0.468. The van der Waals surface area contributed by atoms with Gasteiger partial charge in [-0.25, -0.2) is 8.42 Å². The number of carbonyl (C=O) groups is 1. The van der Waals surface area contributed by atoms with Crippen molar-refractivity contribution in [2.45, 2.75) is 18.6 Å². The average Bonchev–Trinajstić information content (AvgIpc) is 1.83. The first-order valence-electron chi connectivity index (χ1n) is 3.19. The Labute approximate surface area is 102 Å². The van der Waals surface area contributed by atoms with Crippen LogP contribution < -0.4 is 29.6 Å². The van der Waals surface area contributed by atoms with Gasteiger partial charge in [-0.2, -0.15) is 8.78 Å². The van der Waals surface area contributed by atoms with Gasteiger partial charge in [-0.15, -0.1) is 0 Å². The fraction of sp³-hybridized carbons (Fsp3) is 0.800. The minimum Gasteiger partial charge on any atom is -0.743 e. The minimum absolute atomic E-state index is 0. The van der Waals surface area contributed by atoms with Crippen LogP contribution in [0.1, 0.15) is 13.3 Å². The summed E-state index contributed by atoms with van der Waals surface area (Å²) in [5.41, 5.74) is 0. The maximum absolute atomic E-state index is 12.3. The summed E-state index contributed by atoms with van der Waals surface area (Å²) < 4.78 is 58.3. The van der Waals surface area contributed by atoms with Gasteiger partial charge in [0.15, 0.2) is 10.1 Å². The average molecular weight is 240 g/mol. The summed E-state index contributed by atoms with van der Waals surface area (Å²) in [5.74, 6) is -1.42. The van der Waals surface area contributed by atoms with E-state index in [4.69, 9.17) is 0 Å². The first kappa shape index (κ1) is 16.7. The van der Waals surface area contributed by atoms with Crippen LogP contribution in [-0.2, 0) is 19.6 Å². The van der Waals surface area contributed by atoms with Crippen LogP contribution in [0.3, 0.4) is 0 Å². The maximum Gasteiger partial charge on any atom is 1.00 e. The third-order valence-corrected chi connectivity index (χ3v) is 1.90. The zero-order valence-electron chi connectivity index (χ0n) is 7.62. The third-order valence-electron chi connectivity index (χ3n) is 1.02. The van der Waals surface area contributed by atoms with E-state index >= 15 is 0 Å². The Morgan fingerprint density at radius 1 is 1.50 bits per heavy atom. The molecule has 0 aromatic rings. The molecule has 0 saturated carbocycles. The van der Waals surface area contributed by atoms with Crippen LogP contribution in [0.5, 0.6) is 0 Å². The molecule has 0 amide bonds. The topological polar surface area (TPSA) is 83.5 Å². The Hall–Kier alpha value is 0.240. The smallest absolute Gasteiger partial charge is 0.743 e. The van der Waals surface area contributed by atoms with Crippen molar-refractivity contribution in [3.63, 3.8) is 0 Å². The van der Waals surface area contributed by atoms with E-state index in [9.17, 15) is 26.5 Å². The van der Waals surface area contributed by atoms with Crippen molar-refractivity contribution in [3.05, 3.63) is 0 Å². The van der Waals surface area contributed by atoms with E-state index in [1.54, 1.807) is 0 Å². The fourth-order valence-corrected chi connectivity index (χ4v) is 0.763. The number of hydrogen-bond donors (Lipinski definition) is 0. The number of alkyl halides is 2. The van der Waals surface area contributed by atoms with Crippen LogP contribution in [0.4, 0.5) is 8.78 Å². The largest absolute Gasteiger partial charge is 1.00 e. The summed E-state index contributed by atoms with van der Waals surface area (Å²) in [6.07, 6.45) is -1.74. The molecule has 0 aliphatic carbocycles. The molecule has 0 fully saturated rings. The van der Waals surface area contributed by atoms with Crippen molar-refractivity contribution in [3.8, 4) is 0 Å². The van der Waals surface area contributed by atoms with E-state index in [1.165, 1.54) is 6.92 Å². The van der Waals surface area contributed by atoms with Crippen LogP contribution in [-0.4, -0.2) is 30.8 Å². The number of hydrogen-bond acceptors (Lipinski definition) is 5. The van der Waals surface area contributed by atoms with E-state index in [-0.39, 0.29) is 36.2 Å². The van der Waals surface area contributed by atoms with Gasteiger partial charge in [-0.05, 0) is 6.92 Å².